The molecule has 4 heteroatoms. The van der Waals surface area contributed by atoms with Gasteiger partial charge in [0.1, 0.15) is 0 Å². The summed E-state index contributed by atoms with van der Waals surface area (Å²) < 4.78 is 0. The number of hydrogen-bond donors (Lipinski definition) is 2. The number of anilines is 1. The van der Waals surface area contributed by atoms with Gasteiger partial charge in [0, 0.05) is 22.5 Å². The molecule has 0 unspecified atom stereocenters. The second-order valence-electron chi connectivity index (χ2n) is 3.75. The Kier molecular flexibility index (Phi) is 3.89. The number of carbonyl (C=O) groups excluding carboxylic acids is 1. The highest BCUT2D eigenvalue weighted by Gasteiger charge is 2.09. The molecule has 92 valence electrons. The molecule has 0 fully saturated rings. The van der Waals surface area contributed by atoms with Gasteiger partial charge < -0.3 is 11.1 Å². The van der Waals surface area contributed by atoms with Crippen LogP contribution in [0.3, 0.4) is 0 Å². The van der Waals surface area contributed by atoms with Gasteiger partial charge in [-0.25, -0.2) is 0 Å². The van der Waals surface area contributed by atoms with Crippen LogP contribution in [0, 0.1) is 0 Å². The first-order valence-electron chi connectivity index (χ1n) is 5.55. The number of hydrogen-bond acceptors (Lipinski definition) is 3. The largest absolute Gasteiger partial charge is 0.399 e. The number of nitrogens with one attached hydrogen (secondary N) is 1. The molecule has 0 aliphatic rings. The molecule has 0 radical (unpaired) electrons. The summed E-state index contributed by atoms with van der Waals surface area (Å²) in [5.74, 6) is -0.0754. The van der Waals surface area contributed by atoms with Crippen molar-refractivity contribution in [3.8, 4) is 0 Å². The average molecular weight is 258 g/mol. The summed E-state index contributed by atoms with van der Waals surface area (Å²) in [4.78, 5) is 13.7. The van der Waals surface area contributed by atoms with Crippen molar-refractivity contribution in [3.63, 3.8) is 0 Å². The van der Waals surface area contributed by atoms with Gasteiger partial charge in [0.25, 0.3) is 5.91 Å². The van der Waals surface area contributed by atoms with Crippen molar-refractivity contribution in [1.82, 2.24) is 5.32 Å². The van der Waals surface area contributed by atoms with E-state index in [2.05, 4.69) is 5.32 Å². The lowest BCUT2D eigenvalue weighted by molar-refractivity contribution is 0.0960. The highest BCUT2D eigenvalue weighted by molar-refractivity contribution is 7.99. The van der Waals surface area contributed by atoms with Crippen LogP contribution in [0.5, 0.6) is 0 Å². The minimum atomic E-state index is -0.0754. The number of amides is 1. The maximum Gasteiger partial charge on any atom is 0.252 e. The summed E-state index contributed by atoms with van der Waals surface area (Å²) >= 11 is 1.55. The number of benzene rings is 2. The number of nitrogens with two attached hydrogens (primary N) is 1. The van der Waals surface area contributed by atoms with E-state index in [9.17, 15) is 4.79 Å². The van der Waals surface area contributed by atoms with E-state index in [1.807, 2.05) is 48.5 Å². The first kappa shape index (κ1) is 12.5. The topological polar surface area (TPSA) is 55.1 Å². The third-order valence-electron chi connectivity index (χ3n) is 2.47. The van der Waals surface area contributed by atoms with E-state index >= 15 is 0 Å². The minimum Gasteiger partial charge on any atom is -0.399 e. The highest BCUT2D eigenvalue weighted by atomic mass is 32.2. The molecule has 0 saturated carbocycles. The van der Waals surface area contributed by atoms with Crippen molar-refractivity contribution in [2.45, 2.75) is 9.79 Å². The van der Waals surface area contributed by atoms with E-state index in [1.165, 1.54) is 0 Å². The van der Waals surface area contributed by atoms with Gasteiger partial charge in [0.2, 0.25) is 0 Å². The Morgan fingerprint density at radius 2 is 1.78 bits per heavy atom. The zero-order chi connectivity index (χ0) is 13.0. The molecule has 3 N–H and O–H groups in total. The molecule has 0 spiro atoms. The molecule has 0 aromatic heterocycles. The second kappa shape index (κ2) is 5.60. The van der Waals surface area contributed by atoms with Crippen LogP contribution in [0.25, 0.3) is 0 Å². The normalized spacial score (nSPS) is 10.1. The minimum absolute atomic E-state index is 0.0754. The van der Waals surface area contributed by atoms with Crippen molar-refractivity contribution in [1.29, 1.82) is 0 Å². The number of carbonyl (C=O) groups is 1. The molecule has 0 bridgehead atoms. The smallest absolute Gasteiger partial charge is 0.252 e. The van der Waals surface area contributed by atoms with Crippen LogP contribution in [-0.2, 0) is 0 Å². The summed E-state index contributed by atoms with van der Waals surface area (Å²) in [5.41, 5.74) is 7.06. The van der Waals surface area contributed by atoms with Gasteiger partial charge in [-0.1, -0.05) is 23.9 Å². The fourth-order valence-electron chi connectivity index (χ4n) is 1.54. The molecule has 3 nitrogen and oxygen atoms in total. The molecule has 0 heterocycles. The molecule has 0 aliphatic carbocycles. The van der Waals surface area contributed by atoms with Crippen LogP contribution < -0.4 is 11.1 Å². The highest BCUT2D eigenvalue weighted by Crippen LogP contribution is 2.30. The van der Waals surface area contributed by atoms with Crippen LogP contribution in [0.15, 0.2) is 58.3 Å². The lowest BCUT2D eigenvalue weighted by Crippen LogP contribution is -2.18. The van der Waals surface area contributed by atoms with Gasteiger partial charge in [-0.05, 0) is 36.4 Å². The maximum absolute atomic E-state index is 11.7. The van der Waals surface area contributed by atoms with Gasteiger partial charge in [0.15, 0.2) is 0 Å². The van der Waals surface area contributed by atoms with Crippen molar-refractivity contribution in [2.24, 2.45) is 0 Å². The lowest BCUT2D eigenvalue weighted by Gasteiger charge is -2.07. The average Bonchev–Trinajstić information content (AvgIpc) is 2.41. The molecule has 18 heavy (non-hydrogen) atoms. The summed E-state index contributed by atoms with van der Waals surface area (Å²) in [6.45, 7) is 0. The van der Waals surface area contributed by atoms with Crippen LogP contribution in [0.4, 0.5) is 5.69 Å². The Morgan fingerprint density at radius 3 is 2.44 bits per heavy atom. The summed E-state index contributed by atoms with van der Waals surface area (Å²) in [5, 5.41) is 2.64. The zero-order valence-corrected chi connectivity index (χ0v) is 10.8. The van der Waals surface area contributed by atoms with Gasteiger partial charge in [-0.2, -0.15) is 0 Å². The summed E-state index contributed by atoms with van der Waals surface area (Å²) in [7, 11) is 1.63. The summed E-state index contributed by atoms with van der Waals surface area (Å²) in [6, 6.07) is 15.1. The van der Waals surface area contributed by atoms with Crippen LogP contribution in [0.1, 0.15) is 10.4 Å². The molecular weight excluding hydrogens is 244 g/mol. The Labute approximate surface area is 110 Å². The van der Waals surface area contributed by atoms with Gasteiger partial charge in [-0.3, -0.25) is 4.79 Å². The van der Waals surface area contributed by atoms with E-state index < -0.39 is 0 Å². The third kappa shape index (κ3) is 2.84. The Bertz CT molecular complexity index is 552. The molecule has 2 aromatic carbocycles. The van der Waals surface area contributed by atoms with Crippen molar-refractivity contribution in [3.05, 3.63) is 54.1 Å². The van der Waals surface area contributed by atoms with Gasteiger partial charge >= 0.3 is 0 Å². The third-order valence-corrected chi connectivity index (χ3v) is 3.55. The fraction of sp³-hybridized carbons (Fsp3) is 0.0714. The molecular formula is C14H14N2OS. The van der Waals surface area contributed by atoms with Crippen molar-refractivity contribution < 1.29 is 4.79 Å². The summed E-state index contributed by atoms with van der Waals surface area (Å²) in [6.07, 6.45) is 0. The number of rotatable bonds is 3. The van der Waals surface area contributed by atoms with E-state index in [0.29, 0.717) is 5.56 Å². The van der Waals surface area contributed by atoms with Crippen LogP contribution in [0.2, 0.25) is 0 Å². The predicted octanol–water partition coefficient (Wildman–Crippen LogP) is 2.78. The SMILES string of the molecule is CNC(=O)c1ccccc1Sc1ccc(N)cc1. The van der Waals surface area contributed by atoms with Crippen LogP contribution in [-0.4, -0.2) is 13.0 Å². The molecule has 2 rings (SSSR count). The first-order valence-corrected chi connectivity index (χ1v) is 6.37. The molecule has 2 aromatic rings. The van der Waals surface area contributed by atoms with Gasteiger partial charge in [0.05, 0.1) is 5.56 Å². The number of nitrogen functional groups attached to an aromatic ring is 1. The van der Waals surface area contributed by atoms with Crippen LogP contribution >= 0.6 is 11.8 Å². The molecule has 0 aliphatic heterocycles. The Balaban J connectivity index is 2.28. The Morgan fingerprint density at radius 1 is 1.11 bits per heavy atom. The lowest BCUT2D eigenvalue weighted by atomic mass is 10.2. The van der Waals surface area contributed by atoms with E-state index in [0.717, 1.165) is 15.5 Å². The fourth-order valence-corrected chi connectivity index (χ4v) is 2.48. The quantitative estimate of drug-likeness (QED) is 0.832. The predicted molar refractivity (Wildman–Crippen MR) is 74.8 cm³/mol. The molecule has 0 atom stereocenters. The zero-order valence-electron chi connectivity index (χ0n) is 10.0. The van der Waals surface area contributed by atoms with Crippen molar-refractivity contribution in [2.75, 3.05) is 12.8 Å². The van der Waals surface area contributed by atoms with E-state index in [1.54, 1.807) is 18.8 Å². The monoisotopic (exact) mass is 258 g/mol. The first-order chi connectivity index (χ1) is 8.70. The Hall–Kier alpha value is -1.94. The van der Waals surface area contributed by atoms with Crippen molar-refractivity contribution >= 4 is 23.4 Å². The molecule has 1 amide bonds. The second-order valence-corrected chi connectivity index (χ2v) is 4.86. The van der Waals surface area contributed by atoms with Gasteiger partial charge in [-0.15, -0.1) is 0 Å². The van der Waals surface area contributed by atoms with E-state index in [-0.39, 0.29) is 5.91 Å². The molecule has 0 saturated heterocycles. The van der Waals surface area contributed by atoms with E-state index in [4.69, 9.17) is 5.73 Å². The standard InChI is InChI=1S/C14H14N2OS/c1-16-14(17)12-4-2-3-5-13(12)18-11-8-6-10(15)7-9-11/h2-9H,15H2,1H3,(H,16,17). The maximum atomic E-state index is 11.7.